The fourth-order valence-electron chi connectivity index (χ4n) is 1.77. The van der Waals surface area contributed by atoms with Gasteiger partial charge in [-0.2, -0.15) is 0 Å². The highest BCUT2D eigenvalue weighted by Crippen LogP contribution is 2.53. The first-order valence-electron chi connectivity index (χ1n) is 4.94. The molecule has 0 amide bonds. The van der Waals surface area contributed by atoms with Crippen molar-refractivity contribution in [2.75, 3.05) is 0 Å². The Morgan fingerprint density at radius 2 is 2.08 bits per heavy atom. The van der Waals surface area contributed by atoms with Gasteiger partial charge in [-0.3, -0.25) is 0 Å². The zero-order valence-electron chi connectivity index (χ0n) is 8.38. The van der Waals surface area contributed by atoms with E-state index in [0.717, 1.165) is 0 Å². The lowest BCUT2D eigenvalue weighted by Gasteiger charge is -2.19. The Balaban J connectivity index is 2.25. The van der Waals surface area contributed by atoms with Crippen LogP contribution in [0.5, 0.6) is 0 Å². The van der Waals surface area contributed by atoms with Crippen molar-refractivity contribution < 1.29 is 0 Å². The number of aryl methyl sites for hydroxylation is 1. The van der Waals surface area contributed by atoms with Gasteiger partial charge in [-0.25, -0.2) is 0 Å². The highest BCUT2D eigenvalue weighted by atomic mass is 14.7. The van der Waals surface area contributed by atoms with Gasteiger partial charge in [0.15, 0.2) is 0 Å². The van der Waals surface area contributed by atoms with Crippen LogP contribution in [0.2, 0.25) is 0 Å². The minimum Gasteiger partial charge on any atom is -0.323 e. The molecule has 1 aliphatic carbocycles. The second kappa shape index (κ2) is 2.85. The summed E-state index contributed by atoms with van der Waals surface area (Å²) in [5.41, 5.74) is 9.18. The van der Waals surface area contributed by atoms with E-state index in [0.29, 0.717) is 5.41 Å². The summed E-state index contributed by atoms with van der Waals surface area (Å²) in [7, 11) is 0. The van der Waals surface area contributed by atoms with E-state index in [1.54, 1.807) is 0 Å². The summed E-state index contributed by atoms with van der Waals surface area (Å²) < 4.78 is 0. The van der Waals surface area contributed by atoms with Crippen molar-refractivity contribution in [2.45, 2.75) is 32.7 Å². The summed E-state index contributed by atoms with van der Waals surface area (Å²) in [6, 6.07) is 8.78. The number of rotatable bonds is 2. The lowest BCUT2D eigenvalue weighted by Crippen LogP contribution is -2.19. The van der Waals surface area contributed by atoms with Crippen molar-refractivity contribution in [1.82, 2.24) is 0 Å². The van der Waals surface area contributed by atoms with Gasteiger partial charge in [-0.1, -0.05) is 36.8 Å². The number of hydrogen-bond donors (Lipinski definition) is 1. The van der Waals surface area contributed by atoms with E-state index >= 15 is 0 Å². The van der Waals surface area contributed by atoms with E-state index in [1.165, 1.54) is 24.0 Å². The Labute approximate surface area is 80.0 Å². The van der Waals surface area contributed by atoms with E-state index < -0.39 is 0 Å². The molecule has 1 nitrogen and oxygen atoms in total. The molecule has 0 spiro atoms. The van der Waals surface area contributed by atoms with Crippen molar-refractivity contribution in [1.29, 1.82) is 0 Å². The van der Waals surface area contributed by atoms with Crippen LogP contribution in [0, 0.1) is 12.3 Å². The number of hydrogen-bond acceptors (Lipinski definition) is 1. The molecule has 2 N–H and O–H groups in total. The monoisotopic (exact) mass is 175 g/mol. The van der Waals surface area contributed by atoms with Gasteiger partial charge >= 0.3 is 0 Å². The van der Waals surface area contributed by atoms with Gasteiger partial charge in [0.25, 0.3) is 0 Å². The van der Waals surface area contributed by atoms with Crippen LogP contribution in [0.3, 0.4) is 0 Å². The smallest absolute Gasteiger partial charge is 0.0349 e. The maximum atomic E-state index is 6.20. The molecule has 0 aliphatic heterocycles. The molecule has 0 aromatic heterocycles. The minimum atomic E-state index is 0.229. The lowest BCUT2D eigenvalue weighted by molar-refractivity contribution is 0.451. The zero-order valence-corrected chi connectivity index (χ0v) is 8.38. The van der Waals surface area contributed by atoms with Crippen LogP contribution >= 0.6 is 0 Å². The van der Waals surface area contributed by atoms with Crippen LogP contribution in [-0.4, -0.2) is 0 Å². The van der Waals surface area contributed by atoms with Crippen LogP contribution in [0.25, 0.3) is 0 Å². The summed E-state index contributed by atoms with van der Waals surface area (Å²) >= 11 is 0. The molecule has 1 atom stereocenters. The van der Waals surface area contributed by atoms with Gasteiger partial charge in [0.1, 0.15) is 0 Å². The first-order chi connectivity index (χ1) is 6.12. The fraction of sp³-hybridized carbons (Fsp3) is 0.500. The Kier molecular flexibility index (Phi) is 1.92. The summed E-state index contributed by atoms with van der Waals surface area (Å²) in [5.74, 6) is 0. The van der Waals surface area contributed by atoms with Crippen molar-refractivity contribution >= 4 is 0 Å². The van der Waals surface area contributed by atoms with E-state index in [2.05, 4.69) is 38.1 Å². The molecule has 2 rings (SSSR count). The largest absolute Gasteiger partial charge is 0.323 e. The van der Waals surface area contributed by atoms with Crippen LogP contribution < -0.4 is 5.73 Å². The first-order valence-corrected chi connectivity index (χ1v) is 4.94. The second-order valence-electron chi connectivity index (χ2n) is 4.55. The normalized spacial score (nSPS) is 21.2. The predicted octanol–water partition coefficient (Wildman–Crippen LogP) is 2.79. The van der Waals surface area contributed by atoms with Crippen LogP contribution in [0.1, 0.15) is 36.9 Å². The third-order valence-electron chi connectivity index (χ3n) is 3.19. The lowest BCUT2D eigenvalue weighted by atomic mass is 9.92. The maximum Gasteiger partial charge on any atom is 0.0349 e. The second-order valence-corrected chi connectivity index (χ2v) is 4.55. The number of nitrogens with two attached hydrogens (primary N) is 1. The molecule has 1 unspecified atom stereocenters. The van der Waals surface area contributed by atoms with E-state index in [4.69, 9.17) is 5.73 Å². The SMILES string of the molecule is Cc1cccc(C(N)C2(C)CC2)c1. The predicted molar refractivity (Wildman–Crippen MR) is 55.4 cm³/mol. The molecular formula is C12H17N. The molecule has 1 heteroatoms. The summed E-state index contributed by atoms with van der Waals surface area (Å²) in [6.07, 6.45) is 2.56. The van der Waals surface area contributed by atoms with E-state index in [1.807, 2.05) is 0 Å². The molecule has 0 bridgehead atoms. The average Bonchev–Trinajstić information content (AvgIpc) is 2.84. The maximum absolute atomic E-state index is 6.20. The summed E-state index contributed by atoms with van der Waals surface area (Å²) in [6.45, 7) is 4.39. The first kappa shape index (κ1) is 8.76. The molecule has 1 aromatic rings. The standard InChI is InChI=1S/C12H17N/c1-9-4-3-5-10(8-9)11(13)12(2)6-7-12/h3-5,8,11H,6-7,13H2,1-2H3. The van der Waals surface area contributed by atoms with Crippen LogP contribution in [0.15, 0.2) is 24.3 Å². The van der Waals surface area contributed by atoms with Crippen molar-refractivity contribution in [3.63, 3.8) is 0 Å². The van der Waals surface area contributed by atoms with Crippen molar-refractivity contribution in [2.24, 2.45) is 11.1 Å². The topological polar surface area (TPSA) is 26.0 Å². The third-order valence-corrected chi connectivity index (χ3v) is 3.19. The third kappa shape index (κ3) is 1.61. The zero-order chi connectivity index (χ0) is 9.47. The Hall–Kier alpha value is -0.820. The highest BCUT2D eigenvalue weighted by molar-refractivity contribution is 5.27. The van der Waals surface area contributed by atoms with Gasteiger partial charge < -0.3 is 5.73 Å². The van der Waals surface area contributed by atoms with Gasteiger partial charge in [0, 0.05) is 6.04 Å². The molecule has 0 heterocycles. The summed E-state index contributed by atoms with van der Waals surface area (Å²) in [4.78, 5) is 0. The highest BCUT2D eigenvalue weighted by Gasteiger charge is 2.43. The van der Waals surface area contributed by atoms with Gasteiger partial charge in [-0.15, -0.1) is 0 Å². The Morgan fingerprint density at radius 3 is 2.62 bits per heavy atom. The fourth-order valence-corrected chi connectivity index (χ4v) is 1.77. The molecule has 1 aliphatic rings. The molecule has 1 fully saturated rings. The van der Waals surface area contributed by atoms with Gasteiger partial charge in [0.2, 0.25) is 0 Å². The van der Waals surface area contributed by atoms with Crippen molar-refractivity contribution in [3.05, 3.63) is 35.4 Å². The van der Waals surface area contributed by atoms with E-state index in [9.17, 15) is 0 Å². The molecule has 0 radical (unpaired) electrons. The minimum absolute atomic E-state index is 0.229. The molecule has 0 saturated heterocycles. The Morgan fingerprint density at radius 1 is 1.38 bits per heavy atom. The van der Waals surface area contributed by atoms with Gasteiger partial charge in [-0.05, 0) is 30.7 Å². The molecular weight excluding hydrogens is 158 g/mol. The molecule has 70 valence electrons. The van der Waals surface area contributed by atoms with Gasteiger partial charge in [0.05, 0.1) is 0 Å². The number of benzene rings is 1. The summed E-state index contributed by atoms with van der Waals surface area (Å²) in [5, 5.41) is 0. The van der Waals surface area contributed by atoms with E-state index in [-0.39, 0.29) is 6.04 Å². The molecule has 13 heavy (non-hydrogen) atoms. The average molecular weight is 175 g/mol. The van der Waals surface area contributed by atoms with Crippen molar-refractivity contribution in [3.8, 4) is 0 Å². The molecule has 1 saturated carbocycles. The quantitative estimate of drug-likeness (QED) is 0.735. The van der Waals surface area contributed by atoms with Crippen LogP contribution in [-0.2, 0) is 0 Å². The molecule has 1 aromatic carbocycles. The van der Waals surface area contributed by atoms with Crippen LogP contribution in [0.4, 0.5) is 0 Å². The Bertz CT molecular complexity index is 313.